The van der Waals surface area contributed by atoms with Crippen LogP contribution in [0.5, 0.6) is 0 Å². The molecule has 0 spiro atoms. The molecule has 1 atom stereocenters. The minimum Gasteiger partial charge on any atom is -0.355 e. The van der Waals surface area contributed by atoms with Crippen LogP contribution >= 0.6 is 0 Å². The molecule has 2 N–H and O–H groups in total. The van der Waals surface area contributed by atoms with Crippen LogP contribution in [0.1, 0.15) is 38.5 Å². The molecule has 3 amide bonds. The molecular formula is C15H26N4O2. The van der Waals surface area contributed by atoms with E-state index >= 15 is 0 Å². The molecule has 0 aromatic rings. The van der Waals surface area contributed by atoms with E-state index in [2.05, 4.69) is 15.5 Å². The molecule has 2 heterocycles. The lowest BCUT2D eigenvalue weighted by atomic mass is 9.96. The maximum atomic E-state index is 12.3. The van der Waals surface area contributed by atoms with Gasteiger partial charge in [-0.2, -0.15) is 0 Å². The Bertz CT molecular complexity index is 387. The molecule has 0 unspecified atom stereocenters. The van der Waals surface area contributed by atoms with E-state index < -0.39 is 0 Å². The number of hydrogen-bond acceptors (Lipinski definition) is 3. The molecule has 2 aliphatic heterocycles. The second-order valence-electron chi connectivity index (χ2n) is 6.40. The second-order valence-corrected chi connectivity index (χ2v) is 6.40. The van der Waals surface area contributed by atoms with E-state index in [4.69, 9.17) is 0 Å². The van der Waals surface area contributed by atoms with Gasteiger partial charge >= 0.3 is 6.03 Å². The summed E-state index contributed by atoms with van der Waals surface area (Å²) < 4.78 is 0. The van der Waals surface area contributed by atoms with Crippen LogP contribution < -0.4 is 10.6 Å². The van der Waals surface area contributed by atoms with E-state index in [1.54, 1.807) is 0 Å². The van der Waals surface area contributed by atoms with Crippen molar-refractivity contribution in [3.8, 4) is 0 Å². The number of hydrogen-bond donors (Lipinski definition) is 2. The monoisotopic (exact) mass is 294 g/mol. The lowest BCUT2D eigenvalue weighted by Gasteiger charge is -2.37. The number of nitrogens with one attached hydrogen (secondary N) is 2. The number of carbonyl (C=O) groups is 2. The topological polar surface area (TPSA) is 64.7 Å². The number of piperazine rings is 1. The van der Waals surface area contributed by atoms with Gasteiger partial charge in [0.05, 0.1) is 6.04 Å². The Labute approximate surface area is 126 Å². The molecule has 1 aliphatic carbocycles. The number of rotatable bonds is 2. The van der Waals surface area contributed by atoms with Crippen molar-refractivity contribution in [3.63, 3.8) is 0 Å². The van der Waals surface area contributed by atoms with E-state index in [0.29, 0.717) is 6.04 Å². The van der Waals surface area contributed by atoms with Crippen LogP contribution in [0.4, 0.5) is 4.79 Å². The van der Waals surface area contributed by atoms with E-state index in [1.165, 1.54) is 19.3 Å². The number of amides is 3. The maximum absolute atomic E-state index is 12.3. The molecule has 1 saturated carbocycles. The van der Waals surface area contributed by atoms with Crippen molar-refractivity contribution in [2.75, 3.05) is 32.7 Å². The Kier molecular flexibility index (Phi) is 4.63. The first-order valence-electron chi connectivity index (χ1n) is 8.31. The minimum absolute atomic E-state index is 0.0218. The number of urea groups is 1. The molecule has 0 radical (unpaired) electrons. The van der Waals surface area contributed by atoms with Gasteiger partial charge in [0.1, 0.15) is 0 Å². The summed E-state index contributed by atoms with van der Waals surface area (Å²) in [7, 11) is 0. The first kappa shape index (κ1) is 14.6. The van der Waals surface area contributed by atoms with Gasteiger partial charge < -0.3 is 15.5 Å². The Morgan fingerprint density at radius 3 is 2.38 bits per heavy atom. The Morgan fingerprint density at radius 2 is 1.76 bits per heavy atom. The third-order valence-electron chi connectivity index (χ3n) is 4.99. The summed E-state index contributed by atoms with van der Waals surface area (Å²) in [4.78, 5) is 28.1. The van der Waals surface area contributed by atoms with Gasteiger partial charge in [-0.3, -0.25) is 9.69 Å². The van der Waals surface area contributed by atoms with E-state index in [-0.39, 0.29) is 18.0 Å². The molecule has 6 heteroatoms. The van der Waals surface area contributed by atoms with Crippen molar-refractivity contribution < 1.29 is 9.59 Å². The van der Waals surface area contributed by atoms with E-state index in [0.717, 1.165) is 52.0 Å². The van der Waals surface area contributed by atoms with Crippen LogP contribution in [0.25, 0.3) is 0 Å². The van der Waals surface area contributed by atoms with Crippen LogP contribution in [0.3, 0.4) is 0 Å². The molecule has 0 bridgehead atoms. The highest BCUT2D eigenvalue weighted by Gasteiger charge is 2.33. The van der Waals surface area contributed by atoms with Gasteiger partial charge in [0, 0.05) is 38.8 Å². The van der Waals surface area contributed by atoms with Gasteiger partial charge in [0.15, 0.2) is 0 Å². The molecule has 21 heavy (non-hydrogen) atoms. The van der Waals surface area contributed by atoms with Gasteiger partial charge in [0.2, 0.25) is 5.91 Å². The molecule has 3 fully saturated rings. The molecule has 6 nitrogen and oxygen atoms in total. The molecule has 3 rings (SSSR count). The summed E-state index contributed by atoms with van der Waals surface area (Å²) in [5.74, 6) is 0.148. The van der Waals surface area contributed by atoms with Crippen LogP contribution in [0.15, 0.2) is 0 Å². The highest BCUT2D eigenvalue weighted by Crippen LogP contribution is 2.18. The zero-order valence-electron chi connectivity index (χ0n) is 12.6. The average Bonchev–Trinajstić information content (AvgIpc) is 2.94. The average molecular weight is 294 g/mol. The summed E-state index contributed by atoms with van der Waals surface area (Å²) in [5.41, 5.74) is 0. The Balaban J connectivity index is 1.44. The highest BCUT2D eigenvalue weighted by atomic mass is 16.2. The smallest absolute Gasteiger partial charge is 0.317 e. The van der Waals surface area contributed by atoms with Crippen LogP contribution in [-0.2, 0) is 4.79 Å². The predicted molar refractivity (Wildman–Crippen MR) is 80.0 cm³/mol. The quantitative estimate of drug-likeness (QED) is 0.781. The zero-order chi connectivity index (χ0) is 14.7. The van der Waals surface area contributed by atoms with Crippen molar-refractivity contribution in [1.29, 1.82) is 0 Å². The molecular weight excluding hydrogens is 268 g/mol. The molecule has 0 aromatic carbocycles. The molecule has 0 aromatic heterocycles. The van der Waals surface area contributed by atoms with Crippen molar-refractivity contribution in [3.05, 3.63) is 0 Å². The summed E-state index contributed by atoms with van der Waals surface area (Å²) in [6, 6.07) is 0.468. The fourth-order valence-electron chi connectivity index (χ4n) is 3.68. The molecule has 3 aliphatic rings. The third kappa shape index (κ3) is 3.48. The number of carbonyl (C=O) groups excluding carboxylic acids is 2. The van der Waals surface area contributed by atoms with Crippen molar-refractivity contribution >= 4 is 11.9 Å². The standard InChI is InChI=1S/C15H26N4O2/c20-14-13(6-7-16-14)18-8-10-19(11-9-18)15(21)17-12-4-2-1-3-5-12/h12-13H,1-11H2,(H,16,20)(H,17,21)/t13-/m0/s1. The minimum atomic E-state index is 0.0218. The predicted octanol–water partition coefficient (Wildman–Crippen LogP) is 0.535. The Morgan fingerprint density at radius 1 is 1.05 bits per heavy atom. The van der Waals surface area contributed by atoms with Gasteiger partial charge in [-0.05, 0) is 19.3 Å². The van der Waals surface area contributed by atoms with Gasteiger partial charge in [-0.15, -0.1) is 0 Å². The normalized spacial score (nSPS) is 28.5. The number of nitrogens with zero attached hydrogens (tertiary/aromatic N) is 2. The van der Waals surface area contributed by atoms with Crippen LogP contribution in [-0.4, -0.2) is 66.5 Å². The van der Waals surface area contributed by atoms with E-state index in [9.17, 15) is 9.59 Å². The van der Waals surface area contributed by atoms with E-state index in [1.807, 2.05) is 4.90 Å². The van der Waals surface area contributed by atoms with Gasteiger partial charge in [-0.1, -0.05) is 19.3 Å². The highest BCUT2D eigenvalue weighted by molar-refractivity contribution is 5.83. The lowest BCUT2D eigenvalue weighted by molar-refractivity contribution is -0.124. The maximum Gasteiger partial charge on any atom is 0.317 e. The third-order valence-corrected chi connectivity index (χ3v) is 4.99. The fourth-order valence-corrected chi connectivity index (χ4v) is 3.68. The fraction of sp³-hybridized carbons (Fsp3) is 0.867. The van der Waals surface area contributed by atoms with Gasteiger partial charge in [-0.25, -0.2) is 4.79 Å². The van der Waals surface area contributed by atoms with Crippen molar-refractivity contribution in [2.24, 2.45) is 0 Å². The first-order valence-corrected chi connectivity index (χ1v) is 8.31. The molecule has 118 valence electrons. The molecule has 2 saturated heterocycles. The Hall–Kier alpha value is -1.30. The second kappa shape index (κ2) is 6.64. The van der Waals surface area contributed by atoms with Crippen molar-refractivity contribution in [2.45, 2.75) is 50.6 Å². The summed E-state index contributed by atoms with van der Waals surface area (Å²) in [6.07, 6.45) is 6.90. The summed E-state index contributed by atoms with van der Waals surface area (Å²) in [6.45, 7) is 3.84. The largest absolute Gasteiger partial charge is 0.355 e. The van der Waals surface area contributed by atoms with Gasteiger partial charge in [0.25, 0.3) is 0 Å². The van der Waals surface area contributed by atoms with Crippen molar-refractivity contribution in [1.82, 2.24) is 20.4 Å². The SMILES string of the molecule is O=C1NCC[C@@H]1N1CCN(C(=O)NC2CCCCC2)CC1. The van der Waals surface area contributed by atoms with Crippen LogP contribution in [0.2, 0.25) is 0 Å². The first-order chi connectivity index (χ1) is 10.2. The lowest BCUT2D eigenvalue weighted by Crippen LogP contribution is -2.56. The summed E-state index contributed by atoms with van der Waals surface area (Å²) in [5, 5.41) is 6.05. The summed E-state index contributed by atoms with van der Waals surface area (Å²) >= 11 is 0. The zero-order valence-corrected chi connectivity index (χ0v) is 12.6. The van der Waals surface area contributed by atoms with Crippen LogP contribution in [0, 0.1) is 0 Å².